The molecule has 0 bridgehead atoms. The summed E-state index contributed by atoms with van der Waals surface area (Å²) in [7, 11) is 0. The molecule has 1 aromatic carbocycles. The second-order valence-electron chi connectivity index (χ2n) is 4.41. The van der Waals surface area contributed by atoms with E-state index < -0.39 is 0 Å². The van der Waals surface area contributed by atoms with Crippen molar-refractivity contribution in [1.29, 1.82) is 0 Å². The van der Waals surface area contributed by atoms with Crippen LogP contribution in [0.15, 0.2) is 22.7 Å². The molecule has 98 valence electrons. The number of hydrogen-bond donors (Lipinski definition) is 2. The Kier molecular flexibility index (Phi) is 4.95. The number of benzene rings is 1. The Balaban J connectivity index is 1.93. The van der Waals surface area contributed by atoms with E-state index in [0.717, 1.165) is 6.54 Å². The minimum absolute atomic E-state index is 0.0552. The van der Waals surface area contributed by atoms with Gasteiger partial charge in [-0.1, -0.05) is 12.5 Å². The summed E-state index contributed by atoms with van der Waals surface area (Å²) in [6.07, 6.45) is 3.77. The fourth-order valence-electron chi connectivity index (χ4n) is 2.00. The van der Waals surface area contributed by atoms with Gasteiger partial charge in [0.05, 0.1) is 10.0 Å². The monoisotopic (exact) mass is 328 g/mol. The molecule has 5 heteroatoms. The Morgan fingerprint density at radius 1 is 1.50 bits per heavy atom. The van der Waals surface area contributed by atoms with Gasteiger partial charge in [-0.05, 0) is 46.7 Å². The smallest absolute Gasteiger partial charge is 0.252 e. The first-order valence-corrected chi connectivity index (χ1v) is 7.96. The van der Waals surface area contributed by atoms with Gasteiger partial charge >= 0.3 is 0 Å². The molecule has 0 saturated carbocycles. The highest BCUT2D eigenvalue weighted by atomic mass is 79.9. The summed E-state index contributed by atoms with van der Waals surface area (Å²) in [4.78, 5) is 12.1. The molecule has 1 aromatic rings. The van der Waals surface area contributed by atoms with E-state index in [-0.39, 0.29) is 5.91 Å². The molecule has 0 radical (unpaired) electrons. The summed E-state index contributed by atoms with van der Waals surface area (Å²) in [6.45, 7) is 0.741. The summed E-state index contributed by atoms with van der Waals surface area (Å²) in [5.74, 6) is 1.16. The van der Waals surface area contributed by atoms with E-state index in [1.165, 1.54) is 25.0 Å². The lowest BCUT2D eigenvalue weighted by atomic mass is 10.1. The lowest BCUT2D eigenvalue weighted by Gasteiger charge is -2.21. The van der Waals surface area contributed by atoms with Gasteiger partial charge in [-0.25, -0.2) is 0 Å². The number of halogens is 1. The minimum Gasteiger partial charge on any atom is -0.398 e. The Hall–Kier alpha value is -0.680. The van der Waals surface area contributed by atoms with Gasteiger partial charge in [0.1, 0.15) is 0 Å². The number of rotatable bonds is 3. The molecule has 0 aromatic heterocycles. The molecular weight excluding hydrogens is 312 g/mol. The van der Waals surface area contributed by atoms with Crippen molar-refractivity contribution in [3.63, 3.8) is 0 Å². The highest BCUT2D eigenvalue weighted by Crippen LogP contribution is 2.25. The molecule has 1 aliphatic rings. The number of nitrogens with two attached hydrogens (primary N) is 1. The van der Waals surface area contributed by atoms with Crippen molar-refractivity contribution >= 4 is 39.3 Å². The standard InChI is InChI=1S/C13H17BrN2OS/c14-12-10(5-3-6-11(12)15)13(17)16-8-9-4-1-2-7-18-9/h3,5-6,9H,1-2,4,7-8,15H2,(H,16,17). The van der Waals surface area contributed by atoms with Crippen molar-refractivity contribution in [3.05, 3.63) is 28.2 Å². The van der Waals surface area contributed by atoms with Gasteiger partial charge in [0.25, 0.3) is 5.91 Å². The molecule has 3 nitrogen and oxygen atoms in total. The predicted octanol–water partition coefficient (Wildman–Crippen LogP) is 3.05. The summed E-state index contributed by atoms with van der Waals surface area (Å²) in [5.41, 5.74) is 6.97. The lowest BCUT2D eigenvalue weighted by molar-refractivity contribution is 0.0952. The van der Waals surface area contributed by atoms with E-state index >= 15 is 0 Å². The molecule has 1 amide bonds. The number of carbonyl (C=O) groups excluding carboxylic acids is 1. The maximum Gasteiger partial charge on any atom is 0.252 e. The first kappa shape index (κ1) is 13.7. The SMILES string of the molecule is Nc1cccc(C(=O)NCC2CCCCS2)c1Br. The van der Waals surface area contributed by atoms with E-state index in [4.69, 9.17) is 5.73 Å². The third-order valence-corrected chi connectivity index (χ3v) is 5.32. The number of anilines is 1. The lowest BCUT2D eigenvalue weighted by Crippen LogP contribution is -2.32. The highest BCUT2D eigenvalue weighted by molar-refractivity contribution is 9.10. The van der Waals surface area contributed by atoms with Crippen LogP contribution in [0.2, 0.25) is 0 Å². The van der Waals surface area contributed by atoms with Crippen LogP contribution in [0, 0.1) is 0 Å². The summed E-state index contributed by atoms with van der Waals surface area (Å²) >= 11 is 5.31. The van der Waals surface area contributed by atoms with Crippen LogP contribution in [-0.2, 0) is 0 Å². The Morgan fingerprint density at radius 2 is 2.33 bits per heavy atom. The van der Waals surface area contributed by atoms with Crippen molar-refractivity contribution in [2.75, 3.05) is 18.0 Å². The van der Waals surface area contributed by atoms with Crippen LogP contribution in [0.3, 0.4) is 0 Å². The maximum atomic E-state index is 12.1. The van der Waals surface area contributed by atoms with E-state index in [1.807, 2.05) is 11.8 Å². The zero-order valence-electron chi connectivity index (χ0n) is 10.1. The molecule has 1 atom stereocenters. The van der Waals surface area contributed by atoms with Crippen molar-refractivity contribution in [1.82, 2.24) is 5.32 Å². The predicted molar refractivity (Wildman–Crippen MR) is 81.0 cm³/mol. The third-order valence-electron chi connectivity index (χ3n) is 3.04. The summed E-state index contributed by atoms with van der Waals surface area (Å²) in [6, 6.07) is 5.35. The summed E-state index contributed by atoms with van der Waals surface area (Å²) < 4.78 is 0.679. The number of amides is 1. The molecule has 1 heterocycles. The second-order valence-corrected chi connectivity index (χ2v) is 6.61. The zero-order valence-corrected chi connectivity index (χ0v) is 12.5. The molecule has 1 saturated heterocycles. The normalized spacial score (nSPS) is 19.5. The zero-order chi connectivity index (χ0) is 13.0. The molecule has 0 aliphatic carbocycles. The van der Waals surface area contributed by atoms with E-state index in [1.54, 1.807) is 18.2 Å². The number of carbonyl (C=O) groups is 1. The van der Waals surface area contributed by atoms with Crippen molar-refractivity contribution in [3.8, 4) is 0 Å². The average Bonchev–Trinajstić information content (AvgIpc) is 2.40. The van der Waals surface area contributed by atoms with E-state index in [2.05, 4.69) is 21.2 Å². The van der Waals surface area contributed by atoms with Crippen molar-refractivity contribution < 1.29 is 4.79 Å². The van der Waals surface area contributed by atoms with Crippen LogP contribution in [-0.4, -0.2) is 23.5 Å². The van der Waals surface area contributed by atoms with Gasteiger partial charge in [-0.2, -0.15) is 11.8 Å². The molecule has 18 heavy (non-hydrogen) atoms. The van der Waals surface area contributed by atoms with Gasteiger partial charge in [-0.15, -0.1) is 0 Å². The number of nitrogens with one attached hydrogen (secondary N) is 1. The van der Waals surface area contributed by atoms with Crippen LogP contribution >= 0.6 is 27.7 Å². The molecule has 1 aliphatic heterocycles. The van der Waals surface area contributed by atoms with Gasteiger partial charge in [0.15, 0.2) is 0 Å². The van der Waals surface area contributed by atoms with Gasteiger partial charge in [-0.3, -0.25) is 4.79 Å². The van der Waals surface area contributed by atoms with Gasteiger partial charge in [0, 0.05) is 17.5 Å². The Bertz CT molecular complexity index is 433. The quantitative estimate of drug-likeness (QED) is 0.838. The van der Waals surface area contributed by atoms with E-state index in [0.29, 0.717) is 21.0 Å². The number of hydrogen-bond acceptors (Lipinski definition) is 3. The van der Waals surface area contributed by atoms with Crippen molar-refractivity contribution in [2.24, 2.45) is 0 Å². The Morgan fingerprint density at radius 3 is 3.06 bits per heavy atom. The molecule has 1 fully saturated rings. The first-order valence-electron chi connectivity index (χ1n) is 6.12. The molecule has 2 rings (SSSR count). The van der Waals surface area contributed by atoms with E-state index in [9.17, 15) is 4.79 Å². The third kappa shape index (κ3) is 3.42. The molecule has 0 spiro atoms. The fraction of sp³-hybridized carbons (Fsp3) is 0.462. The highest BCUT2D eigenvalue weighted by Gasteiger charge is 2.16. The first-order chi connectivity index (χ1) is 8.68. The van der Waals surface area contributed by atoms with Gasteiger partial charge < -0.3 is 11.1 Å². The number of thioether (sulfide) groups is 1. The average molecular weight is 329 g/mol. The molecule has 1 unspecified atom stereocenters. The van der Waals surface area contributed by atoms with Crippen LogP contribution in [0.25, 0.3) is 0 Å². The topological polar surface area (TPSA) is 55.1 Å². The fourth-order valence-corrected chi connectivity index (χ4v) is 3.68. The molecular formula is C13H17BrN2OS. The largest absolute Gasteiger partial charge is 0.398 e. The Labute approximate surface area is 120 Å². The van der Waals surface area contributed by atoms with Crippen LogP contribution in [0.1, 0.15) is 29.6 Å². The molecule has 3 N–H and O–H groups in total. The van der Waals surface area contributed by atoms with Crippen LogP contribution < -0.4 is 11.1 Å². The number of nitrogen functional groups attached to an aromatic ring is 1. The van der Waals surface area contributed by atoms with Crippen molar-refractivity contribution in [2.45, 2.75) is 24.5 Å². The maximum absolute atomic E-state index is 12.1. The summed E-state index contributed by atoms with van der Waals surface area (Å²) in [5, 5.41) is 3.55. The second kappa shape index (κ2) is 6.48. The van der Waals surface area contributed by atoms with Crippen LogP contribution in [0.4, 0.5) is 5.69 Å². The van der Waals surface area contributed by atoms with Gasteiger partial charge in [0.2, 0.25) is 0 Å². The van der Waals surface area contributed by atoms with Crippen LogP contribution in [0.5, 0.6) is 0 Å². The minimum atomic E-state index is -0.0552.